The molecule has 0 unspecified atom stereocenters. The summed E-state index contributed by atoms with van der Waals surface area (Å²) in [7, 11) is 0. The standard InChI is InChI=1S/C19H24N2O3/c1-6-15-7-9-16(10-8-15)17(22)21-12-11-20(13-14(21)2)18(23)24-19(3,4)5/h1,7-10,14H,11-13H2,2-5H3/t14-/m0/s1. The van der Waals surface area contributed by atoms with E-state index in [9.17, 15) is 9.59 Å². The number of carbonyl (C=O) groups excluding carboxylic acids is 2. The number of ether oxygens (including phenoxy) is 1. The largest absolute Gasteiger partial charge is 0.444 e. The molecule has 5 nitrogen and oxygen atoms in total. The van der Waals surface area contributed by atoms with E-state index in [1.54, 1.807) is 34.1 Å². The fraction of sp³-hybridized carbons (Fsp3) is 0.474. The molecule has 1 aromatic carbocycles. The van der Waals surface area contributed by atoms with Crippen LogP contribution in [0.2, 0.25) is 0 Å². The van der Waals surface area contributed by atoms with E-state index in [2.05, 4.69) is 5.92 Å². The van der Waals surface area contributed by atoms with Crippen LogP contribution in [0.1, 0.15) is 43.6 Å². The molecule has 1 fully saturated rings. The Labute approximate surface area is 143 Å². The second-order valence-corrected chi connectivity index (χ2v) is 7.00. The van der Waals surface area contributed by atoms with Crippen molar-refractivity contribution in [1.29, 1.82) is 0 Å². The van der Waals surface area contributed by atoms with Crippen LogP contribution >= 0.6 is 0 Å². The van der Waals surface area contributed by atoms with Gasteiger partial charge in [0.2, 0.25) is 0 Å². The van der Waals surface area contributed by atoms with E-state index in [-0.39, 0.29) is 18.0 Å². The summed E-state index contributed by atoms with van der Waals surface area (Å²) < 4.78 is 5.40. The van der Waals surface area contributed by atoms with Crippen molar-refractivity contribution in [3.05, 3.63) is 35.4 Å². The Morgan fingerprint density at radius 2 is 1.83 bits per heavy atom. The van der Waals surface area contributed by atoms with Gasteiger partial charge in [0, 0.05) is 36.8 Å². The summed E-state index contributed by atoms with van der Waals surface area (Å²) in [5, 5.41) is 0. The highest BCUT2D eigenvalue weighted by atomic mass is 16.6. The molecule has 0 N–H and O–H groups in total. The normalized spacial score (nSPS) is 18.0. The monoisotopic (exact) mass is 328 g/mol. The van der Waals surface area contributed by atoms with Gasteiger partial charge < -0.3 is 14.5 Å². The number of piperazine rings is 1. The summed E-state index contributed by atoms with van der Waals surface area (Å²) in [6.07, 6.45) is 5.00. The summed E-state index contributed by atoms with van der Waals surface area (Å²) >= 11 is 0. The van der Waals surface area contributed by atoms with E-state index in [1.165, 1.54) is 0 Å². The van der Waals surface area contributed by atoms with Gasteiger partial charge in [0.05, 0.1) is 0 Å². The molecule has 128 valence electrons. The van der Waals surface area contributed by atoms with E-state index in [4.69, 9.17) is 11.2 Å². The number of nitrogens with zero attached hydrogens (tertiary/aromatic N) is 2. The van der Waals surface area contributed by atoms with Crippen LogP contribution in [0.25, 0.3) is 0 Å². The van der Waals surface area contributed by atoms with Gasteiger partial charge in [0.15, 0.2) is 0 Å². The van der Waals surface area contributed by atoms with Crippen LogP contribution < -0.4 is 0 Å². The van der Waals surface area contributed by atoms with E-state index in [1.807, 2.05) is 27.7 Å². The van der Waals surface area contributed by atoms with Gasteiger partial charge in [-0.3, -0.25) is 4.79 Å². The third-order valence-electron chi connectivity index (χ3n) is 3.84. The highest BCUT2D eigenvalue weighted by Crippen LogP contribution is 2.17. The van der Waals surface area contributed by atoms with Gasteiger partial charge >= 0.3 is 6.09 Å². The highest BCUT2D eigenvalue weighted by molar-refractivity contribution is 5.94. The van der Waals surface area contributed by atoms with Gasteiger partial charge in [-0.1, -0.05) is 5.92 Å². The molecule has 0 aliphatic carbocycles. The molecule has 1 heterocycles. The minimum atomic E-state index is -0.522. The first-order valence-corrected chi connectivity index (χ1v) is 8.07. The Kier molecular flexibility index (Phi) is 5.18. The van der Waals surface area contributed by atoms with Gasteiger partial charge in [-0.25, -0.2) is 4.79 Å². The van der Waals surface area contributed by atoms with Crippen LogP contribution in [0, 0.1) is 12.3 Å². The van der Waals surface area contributed by atoms with Crippen LogP contribution in [0.5, 0.6) is 0 Å². The van der Waals surface area contributed by atoms with Gasteiger partial charge in [0.25, 0.3) is 5.91 Å². The molecule has 0 aromatic heterocycles. The molecule has 2 rings (SSSR count). The van der Waals surface area contributed by atoms with Crippen LogP contribution in [0.15, 0.2) is 24.3 Å². The van der Waals surface area contributed by atoms with Crippen molar-refractivity contribution < 1.29 is 14.3 Å². The topological polar surface area (TPSA) is 49.9 Å². The molecule has 2 amide bonds. The van der Waals surface area contributed by atoms with E-state index >= 15 is 0 Å². The second-order valence-electron chi connectivity index (χ2n) is 7.00. The van der Waals surface area contributed by atoms with Gasteiger partial charge in [0.1, 0.15) is 5.60 Å². The average Bonchev–Trinajstić information content (AvgIpc) is 2.52. The quantitative estimate of drug-likeness (QED) is 0.745. The zero-order valence-corrected chi connectivity index (χ0v) is 14.7. The van der Waals surface area contributed by atoms with Crippen molar-refractivity contribution in [3.8, 4) is 12.3 Å². The predicted molar refractivity (Wildman–Crippen MR) is 92.7 cm³/mol. The lowest BCUT2D eigenvalue weighted by molar-refractivity contribution is 0.00617. The van der Waals surface area contributed by atoms with E-state index in [0.29, 0.717) is 25.2 Å². The fourth-order valence-corrected chi connectivity index (χ4v) is 2.63. The van der Waals surface area contributed by atoms with Crippen molar-refractivity contribution in [3.63, 3.8) is 0 Å². The minimum absolute atomic E-state index is 0.0464. The Bertz CT molecular complexity index is 653. The number of hydrogen-bond acceptors (Lipinski definition) is 3. The molecule has 1 atom stereocenters. The number of hydrogen-bond donors (Lipinski definition) is 0. The van der Waals surface area contributed by atoms with Gasteiger partial charge in [-0.15, -0.1) is 6.42 Å². The number of amides is 2. The molecule has 24 heavy (non-hydrogen) atoms. The molecule has 1 aromatic rings. The Hall–Kier alpha value is -2.48. The summed E-state index contributed by atoms with van der Waals surface area (Å²) in [6, 6.07) is 6.92. The molecule has 5 heteroatoms. The summed E-state index contributed by atoms with van der Waals surface area (Å²) in [4.78, 5) is 28.2. The zero-order valence-electron chi connectivity index (χ0n) is 14.7. The first-order chi connectivity index (χ1) is 11.2. The molecule has 1 aliphatic rings. The average molecular weight is 328 g/mol. The van der Waals surface area contributed by atoms with Crippen molar-refractivity contribution in [2.75, 3.05) is 19.6 Å². The molecular weight excluding hydrogens is 304 g/mol. The zero-order chi connectivity index (χ0) is 17.9. The van der Waals surface area contributed by atoms with E-state index in [0.717, 1.165) is 5.56 Å². The maximum atomic E-state index is 12.7. The summed E-state index contributed by atoms with van der Waals surface area (Å²) in [5.41, 5.74) is 0.826. The second kappa shape index (κ2) is 6.96. The van der Waals surface area contributed by atoms with Crippen molar-refractivity contribution in [1.82, 2.24) is 9.80 Å². The van der Waals surface area contributed by atoms with Crippen LogP contribution in [0.4, 0.5) is 4.79 Å². The molecule has 1 aliphatic heterocycles. The molecule has 0 bridgehead atoms. The summed E-state index contributed by atoms with van der Waals surface area (Å²) in [5.74, 6) is 2.49. The van der Waals surface area contributed by atoms with Crippen LogP contribution in [-0.4, -0.2) is 53.1 Å². The Morgan fingerprint density at radius 1 is 1.21 bits per heavy atom. The Morgan fingerprint density at radius 3 is 2.33 bits per heavy atom. The molecule has 0 saturated carbocycles. The van der Waals surface area contributed by atoms with Crippen molar-refractivity contribution in [2.24, 2.45) is 0 Å². The van der Waals surface area contributed by atoms with Gasteiger partial charge in [-0.05, 0) is 52.0 Å². The number of terminal acetylenes is 1. The molecular formula is C19H24N2O3. The lowest BCUT2D eigenvalue weighted by Crippen LogP contribution is -2.56. The lowest BCUT2D eigenvalue weighted by atomic mass is 10.1. The lowest BCUT2D eigenvalue weighted by Gasteiger charge is -2.40. The van der Waals surface area contributed by atoms with Gasteiger partial charge in [-0.2, -0.15) is 0 Å². The van der Waals surface area contributed by atoms with Crippen molar-refractivity contribution in [2.45, 2.75) is 39.3 Å². The smallest absolute Gasteiger partial charge is 0.410 e. The van der Waals surface area contributed by atoms with Crippen molar-refractivity contribution >= 4 is 12.0 Å². The fourth-order valence-electron chi connectivity index (χ4n) is 2.63. The third kappa shape index (κ3) is 4.29. The maximum absolute atomic E-state index is 12.7. The predicted octanol–water partition coefficient (Wildman–Crippen LogP) is 2.75. The molecule has 0 radical (unpaired) electrons. The number of carbonyl (C=O) groups is 2. The highest BCUT2D eigenvalue weighted by Gasteiger charge is 2.32. The van der Waals surface area contributed by atoms with Crippen LogP contribution in [-0.2, 0) is 4.74 Å². The first-order valence-electron chi connectivity index (χ1n) is 8.07. The molecule has 1 saturated heterocycles. The van der Waals surface area contributed by atoms with Crippen LogP contribution in [0.3, 0.4) is 0 Å². The Balaban J connectivity index is 2.01. The molecule has 0 spiro atoms. The summed E-state index contributed by atoms with van der Waals surface area (Å²) in [6.45, 7) is 8.87. The maximum Gasteiger partial charge on any atom is 0.410 e. The SMILES string of the molecule is C#Cc1ccc(C(=O)N2CCN(C(=O)OC(C)(C)C)C[C@@H]2C)cc1. The third-order valence-corrected chi connectivity index (χ3v) is 3.84. The number of benzene rings is 1. The first kappa shape index (κ1) is 17.9. The number of rotatable bonds is 1. The van der Waals surface area contributed by atoms with E-state index < -0.39 is 5.60 Å². The minimum Gasteiger partial charge on any atom is -0.444 e.